The molecule has 0 unspecified atom stereocenters. The smallest absolute Gasteiger partial charge is 0.157 e. The van der Waals surface area contributed by atoms with Gasteiger partial charge in [0.25, 0.3) is 0 Å². The molecule has 0 atom stereocenters. The lowest BCUT2D eigenvalue weighted by molar-refractivity contribution is 0.122. The van der Waals surface area contributed by atoms with Crippen molar-refractivity contribution < 1.29 is 4.74 Å². The van der Waals surface area contributed by atoms with Gasteiger partial charge in [0.1, 0.15) is 5.82 Å². The van der Waals surface area contributed by atoms with Gasteiger partial charge in [-0.15, -0.1) is 16.4 Å². The SMILES string of the molecule is CNCc1ccccc1-c1ccc(CNc2nncc3cnc(N4CCOCC4)cc23)s1. The third kappa shape index (κ3) is 4.43. The Morgan fingerprint density at radius 2 is 1.94 bits per heavy atom. The van der Waals surface area contributed by atoms with Gasteiger partial charge in [0, 0.05) is 46.4 Å². The molecule has 1 fully saturated rings. The van der Waals surface area contributed by atoms with E-state index < -0.39 is 0 Å². The summed E-state index contributed by atoms with van der Waals surface area (Å²) in [5.74, 6) is 1.74. The minimum Gasteiger partial charge on any atom is -0.378 e. The van der Waals surface area contributed by atoms with Crippen LogP contribution in [0.15, 0.2) is 54.9 Å². The van der Waals surface area contributed by atoms with E-state index in [2.05, 4.69) is 73.2 Å². The first kappa shape index (κ1) is 20.8. The number of rotatable bonds is 7. The summed E-state index contributed by atoms with van der Waals surface area (Å²) < 4.78 is 5.47. The number of ether oxygens (including phenoxy) is 1. The maximum Gasteiger partial charge on any atom is 0.157 e. The predicted octanol–water partition coefficient (Wildman–Crippen LogP) is 3.92. The fraction of sp³-hybridized carbons (Fsp3) is 0.292. The van der Waals surface area contributed by atoms with E-state index in [4.69, 9.17) is 4.74 Å². The van der Waals surface area contributed by atoms with Crippen LogP contribution in [0.1, 0.15) is 10.4 Å². The lowest BCUT2D eigenvalue weighted by atomic mass is 10.1. The Morgan fingerprint density at radius 3 is 2.81 bits per heavy atom. The fourth-order valence-electron chi connectivity index (χ4n) is 3.96. The lowest BCUT2D eigenvalue weighted by Crippen LogP contribution is -2.36. The normalized spacial score (nSPS) is 14.1. The van der Waals surface area contributed by atoms with E-state index in [-0.39, 0.29) is 0 Å². The molecular formula is C24H26N6OS. The summed E-state index contributed by atoms with van der Waals surface area (Å²) in [4.78, 5) is 9.40. The van der Waals surface area contributed by atoms with Crippen LogP contribution in [0.2, 0.25) is 0 Å². The quantitative estimate of drug-likeness (QED) is 0.446. The number of pyridine rings is 1. The van der Waals surface area contributed by atoms with Crippen molar-refractivity contribution in [3.05, 3.63) is 65.3 Å². The average Bonchev–Trinajstić information content (AvgIpc) is 3.32. The number of nitrogens with zero attached hydrogens (tertiary/aromatic N) is 4. The van der Waals surface area contributed by atoms with Crippen LogP contribution < -0.4 is 15.5 Å². The second-order valence-electron chi connectivity index (χ2n) is 7.73. The van der Waals surface area contributed by atoms with Crippen molar-refractivity contribution in [1.29, 1.82) is 0 Å². The molecule has 1 aromatic carbocycles. The number of nitrogens with one attached hydrogen (secondary N) is 2. The lowest BCUT2D eigenvalue weighted by Gasteiger charge is -2.28. The van der Waals surface area contributed by atoms with Gasteiger partial charge in [-0.1, -0.05) is 24.3 Å². The molecule has 4 aromatic rings. The molecule has 8 heteroatoms. The van der Waals surface area contributed by atoms with Gasteiger partial charge in [-0.2, -0.15) is 5.10 Å². The summed E-state index contributed by atoms with van der Waals surface area (Å²) in [5.41, 5.74) is 2.59. The van der Waals surface area contributed by atoms with Crippen LogP contribution in [0.4, 0.5) is 11.6 Å². The molecule has 164 valence electrons. The fourth-order valence-corrected chi connectivity index (χ4v) is 4.96. The first-order chi connectivity index (χ1) is 15.8. The average molecular weight is 447 g/mol. The van der Waals surface area contributed by atoms with E-state index in [1.165, 1.54) is 20.9 Å². The summed E-state index contributed by atoms with van der Waals surface area (Å²) in [6.07, 6.45) is 3.64. The molecule has 1 saturated heterocycles. The highest BCUT2D eigenvalue weighted by Gasteiger charge is 2.14. The largest absolute Gasteiger partial charge is 0.378 e. The summed E-state index contributed by atoms with van der Waals surface area (Å²) in [6.45, 7) is 4.73. The first-order valence-corrected chi connectivity index (χ1v) is 11.6. The summed E-state index contributed by atoms with van der Waals surface area (Å²) in [7, 11) is 1.98. The second-order valence-corrected chi connectivity index (χ2v) is 8.90. The Morgan fingerprint density at radius 1 is 1.06 bits per heavy atom. The molecule has 1 aliphatic rings. The van der Waals surface area contributed by atoms with Crippen LogP contribution in [-0.4, -0.2) is 48.5 Å². The van der Waals surface area contributed by atoms with Crippen LogP contribution in [0.25, 0.3) is 21.2 Å². The van der Waals surface area contributed by atoms with Crippen LogP contribution in [0.5, 0.6) is 0 Å². The molecular weight excluding hydrogens is 420 g/mol. The van der Waals surface area contributed by atoms with Gasteiger partial charge in [-0.25, -0.2) is 4.98 Å². The van der Waals surface area contributed by atoms with Crippen molar-refractivity contribution >= 4 is 33.7 Å². The monoisotopic (exact) mass is 446 g/mol. The minimum atomic E-state index is 0.696. The van der Waals surface area contributed by atoms with E-state index in [9.17, 15) is 0 Å². The number of aromatic nitrogens is 3. The molecule has 1 aliphatic heterocycles. The number of thiophene rings is 1. The molecule has 0 spiro atoms. The topological polar surface area (TPSA) is 75.2 Å². The third-order valence-corrected chi connectivity index (χ3v) is 6.73. The first-order valence-electron chi connectivity index (χ1n) is 10.8. The summed E-state index contributed by atoms with van der Waals surface area (Å²) >= 11 is 1.80. The highest BCUT2D eigenvalue weighted by Crippen LogP contribution is 2.32. The highest BCUT2D eigenvalue weighted by atomic mass is 32.1. The third-order valence-electron chi connectivity index (χ3n) is 5.61. The van der Waals surface area contributed by atoms with Crippen molar-refractivity contribution in [3.63, 3.8) is 0 Å². The Balaban J connectivity index is 1.35. The molecule has 32 heavy (non-hydrogen) atoms. The van der Waals surface area contributed by atoms with E-state index in [0.29, 0.717) is 6.54 Å². The molecule has 0 saturated carbocycles. The van der Waals surface area contributed by atoms with Crippen molar-refractivity contribution in [2.45, 2.75) is 13.1 Å². The zero-order valence-electron chi connectivity index (χ0n) is 18.0. The zero-order chi connectivity index (χ0) is 21.8. The number of benzene rings is 1. The van der Waals surface area contributed by atoms with Gasteiger partial charge in [0.05, 0.1) is 26.0 Å². The van der Waals surface area contributed by atoms with E-state index in [1.54, 1.807) is 17.5 Å². The van der Waals surface area contributed by atoms with Gasteiger partial charge < -0.3 is 20.3 Å². The molecule has 4 heterocycles. The van der Waals surface area contributed by atoms with Crippen molar-refractivity contribution in [3.8, 4) is 10.4 Å². The van der Waals surface area contributed by atoms with Crippen molar-refractivity contribution in [1.82, 2.24) is 20.5 Å². The predicted molar refractivity (Wildman–Crippen MR) is 130 cm³/mol. The standard InChI is InChI=1S/C24H26N6OS/c1-25-13-17-4-2-3-5-20(17)22-7-6-19(32-22)16-27-24-21-12-23(30-8-10-31-11-9-30)26-14-18(21)15-28-29-24/h2-7,12,14-15,25H,8-11,13,16H2,1H3,(H,27,29). The highest BCUT2D eigenvalue weighted by molar-refractivity contribution is 7.15. The van der Waals surface area contributed by atoms with Crippen LogP contribution in [-0.2, 0) is 17.8 Å². The van der Waals surface area contributed by atoms with Gasteiger partial charge in [-0.3, -0.25) is 0 Å². The van der Waals surface area contributed by atoms with Crippen LogP contribution >= 0.6 is 11.3 Å². The van der Waals surface area contributed by atoms with Crippen LogP contribution in [0.3, 0.4) is 0 Å². The van der Waals surface area contributed by atoms with E-state index in [1.807, 2.05) is 13.2 Å². The second kappa shape index (κ2) is 9.60. The maximum absolute atomic E-state index is 5.47. The van der Waals surface area contributed by atoms with Crippen molar-refractivity contribution in [2.24, 2.45) is 0 Å². The molecule has 7 nitrogen and oxygen atoms in total. The molecule has 0 amide bonds. The number of hydrogen-bond donors (Lipinski definition) is 2. The Hall–Kier alpha value is -3.07. The maximum atomic E-state index is 5.47. The molecule has 3 aromatic heterocycles. The summed E-state index contributed by atoms with van der Waals surface area (Å²) in [5, 5.41) is 17.3. The number of anilines is 2. The van der Waals surface area contributed by atoms with Crippen molar-refractivity contribution in [2.75, 3.05) is 43.6 Å². The van der Waals surface area contributed by atoms with Gasteiger partial charge in [0.15, 0.2) is 5.82 Å². The van der Waals surface area contributed by atoms with Crippen LogP contribution in [0, 0.1) is 0 Å². The van der Waals surface area contributed by atoms with E-state index >= 15 is 0 Å². The van der Waals surface area contributed by atoms with Gasteiger partial charge >= 0.3 is 0 Å². The minimum absolute atomic E-state index is 0.696. The number of morpholine rings is 1. The summed E-state index contributed by atoms with van der Waals surface area (Å²) in [6, 6.07) is 15.0. The Kier molecular flexibility index (Phi) is 6.24. The van der Waals surface area contributed by atoms with Gasteiger partial charge in [0.2, 0.25) is 0 Å². The zero-order valence-corrected chi connectivity index (χ0v) is 18.9. The van der Waals surface area contributed by atoms with E-state index in [0.717, 1.165) is 55.3 Å². The molecule has 0 radical (unpaired) electrons. The molecule has 5 rings (SSSR count). The Bertz CT molecular complexity index is 1200. The molecule has 0 aliphatic carbocycles. The molecule has 0 bridgehead atoms. The number of fused-ring (bicyclic) bond motifs is 1. The number of hydrogen-bond acceptors (Lipinski definition) is 8. The van der Waals surface area contributed by atoms with Gasteiger partial charge in [-0.05, 0) is 36.4 Å². The molecule has 2 N–H and O–H groups in total. The Labute approximate surface area is 191 Å².